The molecule has 0 saturated carbocycles. The average molecular weight is 492 g/mol. The predicted molar refractivity (Wildman–Crippen MR) is 123 cm³/mol. The number of amides is 1. The van der Waals surface area contributed by atoms with Gasteiger partial charge in [0.15, 0.2) is 11.3 Å². The summed E-state index contributed by atoms with van der Waals surface area (Å²) in [4.78, 5) is 17.7. The number of nitrogens with zero attached hydrogens (tertiary/aromatic N) is 4. The second-order valence-electron chi connectivity index (χ2n) is 8.56. The molecule has 1 fully saturated rings. The molecule has 1 aliphatic heterocycles. The van der Waals surface area contributed by atoms with Gasteiger partial charge in [-0.1, -0.05) is 13.3 Å². The van der Waals surface area contributed by atoms with E-state index in [9.17, 15) is 18.0 Å². The van der Waals surface area contributed by atoms with E-state index in [2.05, 4.69) is 15.4 Å². The minimum atomic E-state index is -4.67. The fourth-order valence-electron chi connectivity index (χ4n) is 4.42. The van der Waals surface area contributed by atoms with Crippen molar-refractivity contribution in [3.8, 4) is 11.5 Å². The maximum absolute atomic E-state index is 13.8. The first-order chi connectivity index (χ1) is 16.7. The summed E-state index contributed by atoms with van der Waals surface area (Å²) in [5.74, 6) is 1.62. The summed E-state index contributed by atoms with van der Waals surface area (Å²) in [6, 6.07) is 8.42. The van der Waals surface area contributed by atoms with Crippen LogP contribution in [0.2, 0.25) is 0 Å². The van der Waals surface area contributed by atoms with Gasteiger partial charge in [0.25, 0.3) is 0 Å². The SMILES string of the molecule is CCCC1CC(=O)N(Cc2c(C(F)(F)F)nc3ccc(NCc4ccc(OC)cc4OC)nn23)C1. The van der Waals surface area contributed by atoms with Crippen molar-refractivity contribution in [2.24, 2.45) is 5.92 Å². The minimum Gasteiger partial charge on any atom is -0.497 e. The second-order valence-corrected chi connectivity index (χ2v) is 8.56. The highest BCUT2D eigenvalue weighted by Crippen LogP contribution is 2.34. The first-order valence-corrected chi connectivity index (χ1v) is 11.4. The quantitative estimate of drug-likeness (QED) is 0.474. The van der Waals surface area contributed by atoms with E-state index in [1.807, 2.05) is 13.0 Å². The van der Waals surface area contributed by atoms with Gasteiger partial charge in [0, 0.05) is 31.1 Å². The molecule has 188 valence electrons. The van der Waals surface area contributed by atoms with Crippen molar-refractivity contribution in [3.63, 3.8) is 0 Å². The van der Waals surface area contributed by atoms with E-state index in [0.717, 1.165) is 18.4 Å². The van der Waals surface area contributed by atoms with Gasteiger partial charge in [-0.2, -0.15) is 13.2 Å². The van der Waals surface area contributed by atoms with Crippen molar-refractivity contribution < 1.29 is 27.4 Å². The third kappa shape index (κ3) is 5.28. The highest BCUT2D eigenvalue weighted by atomic mass is 19.4. The average Bonchev–Trinajstić information content (AvgIpc) is 3.37. The van der Waals surface area contributed by atoms with Gasteiger partial charge in [-0.15, -0.1) is 5.10 Å². The number of hydrogen-bond acceptors (Lipinski definition) is 6. The van der Waals surface area contributed by atoms with Gasteiger partial charge in [-0.3, -0.25) is 4.79 Å². The topological polar surface area (TPSA) is 81.0 Å². The van der Waals surface area contributed by atoms with Crippen molar-refractivity contribution in [2.75, 3.05) is 26.1 Å². The monoisotopic (exact) mass is 491 g/mol. The van der Waals surface area contributed by atoms with Crippen molar-refractivity contribution in [3.05, 3.63) is 47.3 Å². The number of rotatable bonds is 9. The number of hydrogen-bond donors (Lipinski definition) is 1. The number of imidazole rings is 1. The van der Waals surface area contributed by atoms with Crippen molar-refractivity contribution in [1.29, 1.82) is 0 Å². The molecule has 0 spiro atoms. The Morgan fingerprint density at radius 1 is 1.17 bits per heavy atom. The summed E-state index contributed by atoms with van der Waals surface area (Å²) < 4.78 is 53.3. The van der Waals surface area contributed by atoms with Crippen LogP contribution in [-0.2, 0) is 24.1 Å². The number of carbonyl (C=O) groups excluding carboxylic acids is 1. The Kier molecular flexibility index (Phi) is 7.04. The van der Waals surface area contributed by atoms with Gasteiger partial charge in [-0.05, 0) is 36.6 Å². The number of carbonyl (C=O) groups is 1. The highest BCUT2D eigenvalue weighted by molar-refractivity contribution is 5.78. The third-order valence-corrected chi connectivity index (χ3v) is 6.13. The van der Waals surface area contributed by atoms with Crippen LogP contribution in [-0.4, -0.2) is 46.2 Å². The van der Waals surface area contributed by atoms with Crippen LogP contribution in [0.3, 0.4) is 0 Å². The smallest absolute Gasteiger partial charge is 0.435 e. The highest BCUT2D eigenvalue weighted by Gasteiger charge is 2.40. The minimum absolute atomic E-state index is 0.0663. The fraction of sp³-hybridized carbons (Fsp3) is 0.458. The standard InChI is InChI=1S/C24H28F3N5O3/c1-4-5-15-10-22(33)31(13-15)14-18-23(24(25,26)27)29-21-9-8-20(30-32(18)21)28-12-16-6-7-17(34-2)11-19(16)35-3/h6-9,11,15H,4-5,10,12-14H2,1-3H3,(H,28,30). The number of fused-ring (bicyclic) bond motifs is 1. The Morgan fingerprint density at radius 3 is 2.66 bits per heavy atom. The zero-order valence-electron chi connectivity index (χ0n) is 19.9. The van der Waals surface area contributed by atoms with E-state index in [-0.39, 0.29) is 29.7 Å². The molecule has 3 aromatic rings. The molecule has 1 unspecified atom stereocenters. The van der Waals surface area contributed by atoms with E-state index in [1.54, 1.807) is 32.4 Å². The molecule has 1 aliphatic rings. The summed E-state index contributed by atoms with van der Waals surface area (Å²) in [5, 5.41) is 7.50. The maximum Gasteiger partial charge on any atom is 0.435 e. The van der Waals surface area contributed by atoms with Crippen molar-refractivity contribution >= 4 is 17.4 Å². The number of halogens is 3. The number of aromatic nitrogens is 3. The second kappa shape index (κ2) is 10.0. The summed E-state index contributed by atoms with van der Waals surface area (Å²) in [7, 11) is 3.10. The molecule has 11 heteroatoms. The predicted octanol–water partition coefficient (Wildman–Crippen LogP) is 4.53. The van der Waals surface area contributed by atoms with E-state index in [4.69, 9.17) is 9.47 Å². The van der Waals surface area contributed by atoms with Crippen molar-refractivity contribution in [2.45, 2.75) is 45.5 Å². The van der Waals surface area contributed by atoms with E-state index in [1.165, 1.54) is 15.5 Å². The van der Waals surface area contributed by atoms with Crippen LogP contribution in [0.25, 0.3) is 5.65 Å². The molecule has 0 aliphatic carbocycles. The number of anilines is 1. The number of methoxy groups -OCH3 is 2. The van der Waals surface area contributed by atoms with Crippen LogP contribution in [0.1, 0.15) is 43.1 Å². The van der Waals surface area contributed by atoms with Gasteiger partial charge in [0.1, 0.15) is 17.3 Å². The van der Waals surface area contributed by atoms with Crippen LogP contribution in [0.5, 0.6) is 11.5 Å². The fourth-order valence-corrected chi connectivity index (χ4v) is 4.42. The summed E-state index contributed by atoms with van der Waals surface area (Å²) in [6.45, 7) is 2.59. The number of nitrogens with one attached hydrogen (secondary N) is 1. The largest absolute Gasteiger partial charge is 0.497 e. The Bertz CT molecular complexity index is 1210. The molecule has 1 aromatic carbocycles. The van der Waals surface area contributed by atoms with Gasteiger partial charge in [0.05, 0.1) is 26.5 Å². The Balaban J connectivity index is 1.62. The zero-order chi connectivity index (χ0) is 25.2. The first-order valence-electron chi connectivity index (χ1n) is 11.4. The molecule has 1 amide bonds. The summed E-state index contributed by atoms with van der Waals surface area (Å²) in [6.07, 6.45) is -2.53. The summed E-state index contributed by atoms with van der Waals surface area (Å²) in [5.41, 5.74) is -0.285. The lowest BCUT2D eigenvalue weighted by molar-refractivity contribution is -0.142. The number of ether oxygens (including phenoxy) is 2. The molecule has 3 heterocycles. The number of benzene rings is 1. The van der Waals surface area contributed by atoms with Crippen LogP contribution in [0.4, 0.5) is 19.0 Å². The molecule has 2 aromatic heterocycles. The third-order valence-electron chi connectivity index (χ3n) is 6.13. The summed E-state index contributed by atoms with van der Waals surface area (Å²) >= 11 is 0. The Labute approximate surface area is 201 Å². The van der Waals surface area contributed by atoms with Gasteiger partial charge >= 0.3 is 6.18 Å². The van der Waals surface area contributed by atoms with Gasteiger partial charge < -0.3 is 19.7 Å². The van der Waals surface area contributed by atoms with E-state index in [0.29, 0.717) is 36.8 Å². The van der Waals surface area contributed by atoms with Crippen LogP contribution in [0.15, 0.2) is 30.3 Å². The lowest BCUT2D eigenvalue weighted by Gasteiger charge is -2.18. The van der Waals surface area contributed by atoms with Crippen LogP contribution in [0, 0.1) is 5.92 Å². The van der Waals surface area contributed by atoms with E-state index >= 15 is 0 Å². The van der Waals surface area contributed by atoms with Gasteiger partial charge in [-0.25, -0.2) is 9.50 Å². The van der Waals surface area contributed by atoms with Crippen LogP contribution < -0.4 is 14.8 Å². The zero-order valence-corrected chi connectivity index (χ0v) is 19.9. The van der Waals surface area contributed by atoms with Crippen molar-refractivity contribution in [1.82, 2.24) is 19.5 Å². The molecule has 0 radical (unpaired) electrons. The Hall–Kier alpha value is -3.50. The first kappa shape index (κ1) is 24.6. The van der Waals surface area contributed by atoms with E-state index < -0.39 is 11.9 Å². The molecule has 8 nitrogen and oxygen atoms in total. The molecular weight excluding hydrogens is 463 g/mol. The lowest BCUT2D eigenvalue weighted by Crippen LogP contribution is -2.27. The molecule has 1 atom stereocenters. The van der Waals surface area contributed by atoms with Crippen LogP contribution >= 0.6 is 0 Å². The molecule has 4 rings (SSSR count). The molecule has 35 heavy (non-hydrogen) atoms. The number of alkyl halides is 3. The van der Waals surface area contributed by atoms with Gasteiger partial charge in [0.2, 0.25) is 5.91 Å². The number of likely N-dealkylation sites (tertiary alicyclic amines) is 1. The molecule has 1 N–H and O–H groups in total. The maximum atomic E-state index is 13.8. The lowest BCUT2D eigenvalue weighted by atomic mass is 10.0. The Morgan fingerprint density at radius 2 is 1.97 bits per heavy atom. The molecular formula is C24H28F3N5O3. The normalized spacial score (nSPS) is 16.2. The molecule has 0 bridgehead atoms. The molecule has 1 saturated heterocycles.